The summed E-state index contributed by atoms with van der Waals surface area (Å²) in [7, 11) is 0. The van der Waals surface area contributed by atoms with Crippen molar-refractivity contribution in [2.75, 3.05) is 0 Å². The first-order valence-electron chi connectivity index (χ1n) is 5.82. The number of halogens is 2. The second-order valence-electron chi connectivity index (χ2n) is 4.08. The summed E-state index contributed by atoms with van der Waals surface area (Å²) in [6, 6.07) is 3.01. The highest BCUT2D eigenvalue weighted by Gasteiger charge is 2.17. The molecule has 104 valence electrons. The first-order chi connectivity index (χ1) is 9.65. The first kappa shape index (κ1) is 13.9. The van der Waals surface area contributed by atoms with Crippen LogP contribution in [0.5, 0.6) is 0 Å². The summed E-state index contributed by atoms with van der Waals surface area (Å²) in [5.41, 5.74) is 1.14. The molecule has 0 fully saturated rings. The number of hydrogen-bond donors (Lipinski definition) is 1. The normalized spacial score (nSPS) is 11.9. The van der Waals surface area contributed by atoms with Crippen LogP contribution in [0.1, 0.15) is 11.4 Å². The summed E-state index contributed by atoms with van der Waals surface area (Å²) in [4.78, 5) is 17.5. The topological polar surface area (TPSA) is 71.8 Å². The Morgan fingerprint density at radius 2 is 1.95 bits per heavy atom. The third-order valence-electron chi connectivity index (χ3n) is 2.72. The summed E-state index contributed by atoms with van der Waals surface area (Å²) in [6.07, 6.45) is 3.72. The van der Waals surface area contributed by atoms with Crippen LogP contribution in [0.15, 0.2) is 36.9 Å². The third kappa shape index (κ3) is 2.87. The van der Waals surface area contributed by atoms with E-state index in [1.807, 2.05) is 0 Å². The first-order valence-corrected chi connectivity index (χ1v) is 5.82. The maximum atomic E-state index is 12.0. The predicted molar refractivity (Wildman–Crippen MR) is 70.7 cm³/mol. The molecule has 0 radical (unpaired) electrons. The molecule has 1 N–H and O–H groups in total. The molecule has 20 heavy (non-hydrogen) atoms. The van der Waals surface area contributed by atoms with Crippen LogP contribution in [0.3, 0.4) is 0 Å². The highest BCUT2D eigenvalue weighted by Crippen LogP contribution is 2.26. The Bertz CT molecular complexity index is 692. The molecule has 1 aromatic carbocycles. The number of nitro benzene ring substituents is 1. The molecule has 0 saturated carbocycles. The van der Waals surface area contributed by atoms with Gasteiger partial charge in [-0.2, -0.15) is 0 Å². The zero-order valence-electron chi connectivity index (χ0n) is 10.3. The van der Waals surface area contributed by atoms with Gasteiger partial charge in [0.1, 0.15) is 11.3 Å². The van der Waals surface area contributed by atoms with Gasteiger partial charge in [0.05, 0.1) is 23.1 Å². The maximum absolute atomic E-state index is 12.0. The van der Waals surface area contributed by atoms with E-state index in [2.05, 4.69) is 9.97 Å². The fourth-order valence-electron chi connectivity index (χ4n) is 1.90. The monoisotopic (exact) mass is 279 g/mol. The van der Waals surface area contributed by atoms with Crippen LogP contribution in [0, 0.1) is 10.1 Å². The van der Waals surface area contributed by atoms with E-state index in [4.69, 9.17) is 0 Å². The molecule has 1 aromatic heterocycles. The number of hydrogen-bond acceptors (Lipinski definition) is 3. The van der Waals surface area contributed by atoms with Crippen molar-refractivity contribution in [1.29, 1.82) is 0 Å². The number of imidazole rings is 1. The Morgan fingerprint density at radius 3 is 2.60 bits per heavy atom. The van der Waals surface area contributed by atoms with E-state index < -0.39 is 4.92 Å². The van der Waals surface area contributed by atoms with Crippen LogP contribution in [0.2, 0.25) is 0 Å². The number of rotatable bonds is 5. The van der Waals surface area contributed by atoms with E-state index in [-0.39, 0.29) is 24.0 Å². The number of H-pyrrole nitrogens is 1. The summed E-state index contributed by atoms with van der Waals surface area (Å²) >= 11 is 0. The SMILES string of the molecule is O=[N+]([O-])c1cc(CC=CF)cc2nc(CC=CF)[nH]c12. The number of benzene rings is 1. The summed E-state index contributed by atoms with van der Waals surface area (Å²) in [6.45, 7) is 0. The lowest BCUT2D eigenvalue weighted by Gasteiger charge is -1.98. The minimum atomic E-state index is -0.530. The van der Waals surface area contributed by atoms with Crippen molar-refractivity contribution in [2.24, 2.45) is 0 Å². The van der Waals surface area contributed by atoms with E-state index >= 15 is 0 Å². The average molecular weight is 279 g/mol. The predicted octanol–water partition coefficient (Wildman–Crippen LogP) is 3.52. The van der Waals surface area contributed by atoms with Crippen molar-refractivity contribution in [3.8, 4) is 0 Å². The van der Waals surface area contributed by atoms with E-state index in [0.29, 0.717) is 29.6 Å². The molecule has 2 rings (SSSR count). The van der Waals surface area contributed by atoms with Gasteiger partial charge in [-0.05, 0) is 24.1 Å². The Hall–Kier alpha value is -2.57. The van der Waals surface area contributed by atoms with Crippen LogP contribution in [-0.4, -0.2) is 14.9 Å². The molecule has 5 nitrogen and oxygen atoms in total. The molecule has 0 aliphatic carbocycles. The van der Waals surface area contributed by atoms with E-state index in [1.54, 1.807) is 6.07 Å². The number of nitrogens with zero attached hydrogens (tertiary/aromatic N) is 2. The Balaban J connectivity index is 2.52. The van der Waals surface area contributed by atoms with Crippen molar-refractivity contribution in [1.82, 2.24) is 9.97 Å². The van der Waals surface area contributed by atoms with Gasteiger partial charge < -0.3 is 4.98 Å². The molecule has 0 saturated heterocycles. The van der Waals surface area contributed by atoms with Crippen molar-refractivity contribution < 1.29 is 13.7 Å². The van der Waals surface area contributed by atoms with E-state index in [0.717, 1.165) is 0 Å². The smallest absolute Gasteiger partial charge is 0.295 e. The summed E-state index contributed by atoms with van der Waals surface area (Å²) in [5.74, 6) is 0.426. The van der Waals surface area contributed by atoms with Gasteiger partial charge in [0.15, 0.2) is 0 Å². The van der Waals surface area contributed by atoms with Crippen molar-refractivity contribution in [2.45, 2.75) is 12.8 Å². The molecular weight excluding hydrogens is 268 g/mol. The minimum Gasteiger partial charge on any atom is -0.336 e. The fourth-order valence-corrected chi connectivity index (χ4v) is 1.90. The minimum absolute atomic E-state index is 0.132. The Kier molecular flexibility index (Phi) is 4.19. The van der Waals surface area contributed by atoms with Gasteiger partial charge in [0.2, 0.25) is 0 Å². The Morgan fingerprint density at radius 1 is 1.25 bits per heavy atom. The van der Waals surface area contributed by atoms with Crippen LogP contribution < -0.4 is 0 Å². The molecule has 0 atom stereocenters. The molecular formula is C13H11F2N3O2. The molecule has 0 unspecified atom stereocenters. The van der Waals surface area contributed by atoms with Gasteiger partial charge in [-0.1, -0.05) is 6.08 Å². The molecule has 0 bridgehead atoms. The number of non-ortho nitro benzene ring substituents is 1. The lowest BCUT2D eigenvalue weighted by molar-refractivity contribution is -0.383. The van der Waals surface area contributed by atoms with E-state index in [1.165, 1.54) is 18.2 Å². The molecule has 2 aromatic rings. The van der Waals surface area contributed by atoms with Gasteiger partial charge >= 0.3 is 0 Å². The molecule has 1 heterocycles. The largest absolute Gasteiger partial charge is 0.336 e. The number of nitro groups is 1. The molecule has 0 spiro atoms. The third-order valence-corrected chi connectivity index (χ3v) is 2.72. The van der Waals surface area contributed by atoms with Crippen molar-refractivity contribution in [3.63, 3.8) is 0 Å². The van der Waals surface area contributed by atoms with Crippen LogP contribution in [0.25, 0.3) is 11.0 Å². The molecule has 0 aliphatic heterocycles. The second kappa shape index (κ2) is 6.05. The van der Waals surface area contributed by atoms with Gasteiger partial charge in [0, 0.05) is 12.5 Å². The van der Waals surface area contributed by atoms with Crippen LogP contribution in [0.4, 0.5) is 14.5 Å². The number of nitrogens with one attached hydrogen (secondary N) is 1. The maximum Gasteiger partial charge on any atom is 0.295 e. The highest BCUT2D eigenvalue weighted by atomic mass is 19.1. The highest BCUT2D eigenvalue weighted by molar-refractivity contribution is 5.85. The molecule has 7 heteroatoms. The van der Waals surface area contributed by atoms with E-state index in [9.17, 15) is 18.9 Å². The molecule has 0 amide bonds. The van der Waals surface area contributed by atoms with Gasteiger partial charge in [-0.25, -0.2) is 13.8 Å². The number of fused-ring (bicyclic) bond motifs is 1. The second-order valence-corrected chi connectivity index (χ2v) is 4.08. The lowest BCUT2D eigenvalue weighted by atomic mass is 10.1. The molecule has 0 aliphatic rings. The van der Waals surface area contributed by atoms with Crippen LogP contribution >= 0.6 is 0 Å². The van der Waals surface area contributed by atoms with Gasteiger partial charge in [-0.15, -0.1) is 0 Å². The average Bonchev–Trinajstić information content (AvgIpc) is 2.84. The quantitative estimate of drug-likeness (QED) is 0.672. The van der Waals surface area contributed by atoms with Crippen molar-refractivity contribution >= 4 is 16.7 Å². The van der Waals surface area contributed by atoms with Gasteiger partial charge in [-0.3, -0.25) is 10.1 Å². The summed E-state index contributed by atoms with van der Waals surface area (Å²) in [5, 5.41) is 11.1. The van der Waals surface area contributed by atoms with Gasteiger partial charge in [0.25, 0.3) is 5.69 Å². The van der Waals surface area contributed by atoms with Crippen LogP contribution in [-0.2, 0) is 12.8 Å². The number of aromatic nitrogens is 2. The standard InChI is InChI=1S/C13H11F2N3O2/c14-5-1-3-9-7-10-13(11(8-9)18(19)20)17-12(16-10)4-2-6-15/h1-2,5-8H,3-4H2,(H,16,17). The Labute approximate surface area is 112 Å². The zero-order chi connectivity index (χ0) is 14.5. The zero-order valence-corrected chi connectivity index (χ0v) is 10.3. The summed E-state index contributed by atoms with van der Waals surface area (Å²) < 4.78 is 24.0. The fraction of sp³-hybridized carbons (Fsp3) is 0.154. The number of aromatic amines is 1. The van der Waals surface area contributed by atoms with Crippen molar-refractivity contribution in [3.05, 3.63) is 58.4 Å². The lowest BCUT2D eigenvalue weighted by Crippen LogP contribution is -1.92. The number of allylic oxidation sites excluding steroid dienone is 2.